The lowest BCUT2D eigenvalue weighted by atomic mass is 10.2. The van der Waals surface area contributed by atoms with Crippen LogP contribution in [0.1, 0.15) is 10.5 Å². The van der Waals surface area contributed by atoms with Crippen molar-refractivity contribution in [2.45, 2.75) is 0 Å². The van der Waals surface area contributed by atoms with Gasteiger partial charge in [-0.25, -0.2) is 4.68 Å². The van der Waals surface area contributed by atoms with Crippen LogP contribution in [0, 0.1) is 0 Å². The van der Waals surface area contributed by atoms with Gasteiger partial charge >= 0.3 is 0 Å². The molecular formula is C24H22N4O2S. The van der Waals surface area contributed by atoms with E-state index in [1.165, 1.54) is 0 Å². The van der Waals surface area contributed by atoms with Gasteiger partial charge < -0.3 is 15.0 Å². The zero-order chi connectivity index (χ0) is 21.0. The van der Waals surface area contributed by atoms with Crippen molar-refractivity contribution in [1.29, 1.82) is 0 Å². The van der Waals surface area contributed by atoms with E-state index in [2.05, 4.69) is 10.2 Å². The Kier molecular flexibility index (Phi) is 5.52. The summed E-state index contributed by atoms with van der Waals surface area (Å²) in [6.07, 6.45) is 0. The van der Waals surface area contributed by atoms with Gasteiger partial charge in [0.05, 0.1) is 35.2 Å². The summed E-state index contributed by atoms with van der Waals surface area (Å²) in [6.45, 7) is 2.98. The fraction of sp³-hybridized carbons (Fsp3) is 0.167. The molecule has 31 heavy (non-hydrogen) atoms. The summed E-state index contributed by atoms with van der Waals surface area (Å²) in [4.78, 5) is 16.7. The van der Waals surface area contributed by atoms with Crippen molar-refractivity contribution in [2.24, 2.45) is 0 Å². The minimum Gasteiger partial charge on any atom is -0.378 e. The number of anilines is 2. The Bertz CT molecular complexity index is 1170. The average molecular weight is 431 g/mol. The maximum Gasteiger partial charge on any atom is 0.274 e. The number of aromatic nitrogens is 2. The molecule has 0 unspecified atom stereocenters. The van der Waals surface area contributed by atoms with Crippen molar-refractivity contribution in [1.82, 2.24) is 9.78 Å². The lowest BCUT2D eigenvalue weighted by molar-refractivity contribution is 0.101. The van der Waals surface area contributed by atoms with Crippen LogP contribution in [-0.4, -0.2) is 42.0 Å². The number of carbonyl (C=O) groups is 1. The summed E-state index contributed by atoms with van der Waals surface area (Å²) in [7, 11) is 0. The number of nitrogens with zero attached hydrogens (tertiary/aromatic N) is 3. The van der Waals surface area contributed by atoms with E-state index in [9.17, 15) is 4.79 Å². The monoisotopic (exact) mass is 430 g/mol. The quantitative estimate of drug-likeness (QED) is 0.499. The van der Waals surface area contributed by atoms with E-state index < -0.39 is 0 Å². The molecule has 2 aromatic carbocycles. The number of amides is 1. The van der Waals surface area contributed by atoms with E-state index in [-0.39, 0.29) is 5.91 Å². The van der Waals surface area contributed by atoms with Crippen LogP contribution < -0.4 is 10.2 Å². The van der Waals surface area contributed by atoms with Gasteiger partial charge in [-0.3, -0.25) is 4.79 Å². The standard InChI is InChI=1S/C24H22N4O2S/c29-24(25-19-9-4-5-10-21(19)27-12-14-30-15-13-27)22-17-20(23-11-6-16-31-23)26-28(22)18-7-2-1-3-8-18/h1-11,16-17H,12-15H2,(H,25,29). The summed E-state index contributed by atoms with van der Waals surface area (Å²) in [5, 5.41) is 9.86. The Labute approximate surface area is 184 Å². The molecule has 1 saturated heterocycles. The smallest absolute Gasteiger partial charge is 0.274 e. The van der Waals surface area contributed by atoms with Crippen LogP contribution in [0.15, 0.2) is 78.2 Å². The number of ether oxygens (including phenoxy) is 1. The molecule has 0 radical (unpaired) electrons. The highest BCUT2D eigenvalue weighted by atomic mass is 32.1. The molecule has 0 saturated carbocycles. The topological polar surface area (TPSA) is 59.4 Å². The van der Waals surface area contributed by atoms with Gasteiger partial charge in [-0.2, -0.15) is 5.10 Å². The van der Waals surface area contributed by atoms with Crippen LogP contribution in [0.4, 0.5) is 11.4 Å². The number of hydrogen-bond donors (Lipinski definition) is 1. The van der Waals surface area contributed by atoms with E-state index in [0.717, 1.165) is 40.7 Å². The number of rotatable bonds is 5. The first-order valence-electron chi connectivity index (χ1n) is 10.2. The predicted octanol–water partition coefficient (Wildman–Crippen LogP) is 4.69. The van der Waals surface area contributed by atoms with E-state index in [1.54, 1.807) is 16.0 Å². The highest BCUT2D eigenvalue weighted by Gasteiger charge is 2.21. The SMILES string of the molecule is O=C(Nc1ccccc1N1CCOCC1)c1cc(-c2cccs2)nn1-c1ccccc1. The van der Waals surface area contributed by atoms with Crippen molar-refractivity contribution in [3.63, 3.8) is 0 Å². The number of nitrogens with one attached hydrogen (secondary N) is 1. The van der Waals surface area contributed by atoms with E-state index in [1.807, 2.05) is 78.2 Å². The summed E-state index contributed by atoms with van der Waals surface area (Å²) < 4.78 is 7.18. The number of morpholine rings is 1. The van der Waals surface area contributed by atoms with Gasteiger partial charge in [0.2, 0.25) is 0 Å². The Hall–Kier alpha value is -3.42. The van der Waals surface area contributed by atoms with Crippen molar-refractivity contribution in [3.05, 3.63) is 83.9 Å². The summed E-state index contributed by atoms with van der Waals surface area (Å²) in [6, 6.07) is 23.5. The third kappa shape index (κ3) is 4.10. The van der Waals surface area contributed by atoms with Crippen LogP contribution in [0.5, 0.6) is 0 Å². The zero-order valence-electron chi connectivity index (χ0n) is 16.9. The summed E-state index contributed by atoms with van der Waals surface area (Å²) in [5.41, 5.74) is 3.91. The van der Waals surface area contributed by atoms with Gasteiger partial charge in [0.25, 0.3) is 5.91 Å². The van der Waals surface area contributed by atoms with E-state index >= 15 is 0 Å². The highest BCUT2D eigenvalue weighted by Crippen LogP contribution is 2.29. The Morgan fingerprint density at radius 1 is 0.968 bits per heavy atom. The first-order chi connectivity index (χ1) is 15.3. The van der Waals surface area contributed by atoms with Crippen molar-refractivity contribution in [3.8, 4) is 16.3 Å². The fourth-order valence-electron chi connectivity index (χ4n) is 3.70. The van der Waals surface area contributed by atoms with Gasteiger partial charge in [-0.1, -0.05) is 36.4 Å². The van der Waals surface area contributed by atoms with E-state index in [0.29, 0.717) is 18.9 Å². The second-order valence-corrected chi connectivity index (χ2v) is 8.16. The number of carbonyl (C=O) groups excluding carboxylic acids is 1. The second-order valence-electron chi connectivity index (χ2n) is 7.21. The number of hydrogen-bond acceptors (Lipinski definition) is 5. The molecule has 1 aliphatic heterocycles. The molecule has 0 spiro atoms. The lowest BCUT2D eigenvalue weighted by Crippen LogP contribution is -2.36. The predicted molar refractivity (Wildman–Crippen MR) is 124 cm³/mol. The van der Waals surface area contributed by atoms with Gasteiger partial charge in [-0.05, 0) is 41.8 Å². The molecule has 6 nitrogen and oxygen atoms in total. The molecular weight excluding hydrogens is 408 g/mol. The number of para-hydroxylation sites is 3. The molecule has 5 rings (SSSR count). The Morgan fingerprint density at radius 2 is 1.74 bits per heavy atom. The molecule has 0 aliphatic carbocycles. The largest absolute Gasteiger partial charge is 0.378 e. The average Bonchev–Trinajstić information content (AvgIpc) is 3.51. The minimum absolute atomic E-state index is 0.195. The maximum absolute atomic E-state index is 13.4. The molecule has 0 atom stereocenters. The van der Waals surface area contributed by atoms with Crippen molar-refractivity contribution < 1.29 is 9.53 Å². The summed E-state index contributed by atoms with van der Waals surface area (Å²) >= 11 is 1.60. The van der Waals surface area contributed by atoms with Gasteiger partial charge in [-0.15, -0.1) is 11.3 Å². The van der Waals surface area contributed by atoms with E-state index in [4.69, 9.17) is 9.84 Å². The van der Waals surface area contributed by atoms with Gasteiger partial charge in [0, 0.05) is 13.1 Å². The van der Waals surface area contributed by atoms with Crippen molar-refractivity contribution >= 4 is 28.6 Å². The molecule has 3 heterocycles. The molecule has 1 amide bonds. The third-order valence-electron chi connectivity index (χ3n) is 5.22. The molecule has 4 aromatic rings. The molecule has 1 N–H and O–H groups in total. The van der Waals surface area contributed by atoms with Crippen LogP contribution in [0.3, 0.4) is 0 Å². The first kappa shape index (κ1) is 19.5. The summed E-state index contributed by atoms with van der Waals surface area (Å²) in [5.74, 6) is -0.195. The van der Waals surface area contributed by atoms with Crippen LogP contribution in [-0.2, 0) is 4.74 Å². The van der Waals surface area contributed by atoms with Crippen molar-refractivity contribution in [2.75, 3.05) is 36.5 Å². The highest BCUT2D eigenvalue weighted by molar-refractivity contribution is 7.13. The second kappa shape index (κ2) is 8.75. The maximum atomic E-state index is 13.4. The van der Waals surface area contributed by atoms with Crippen LogP contribution >= 0.6 is 11.3 Å². The third-order valence-corrected chi connectivity index (χ3v) is 6.11. The first-order valence-corrected chi connectivity index (χ1v) is 11.1. The molecule has 1 aliphatic rings. The normalized spacial score (nSPS) is 13.9. The Balaban J connectivity index is 1.50. The lowest BCUT2D eigenvalue weighted by Gasteiger charge is -2.30. The van der Waals surface area contributed by atoms with Crippen LogP contribution in [0.25, 0.3) is 16.3 Å². The van der Waals surface area contributed by atoms with Crippen LogP contribution in [0.2, 0.25) is 0 Å². The molecule has 7 heteroatoms. The minimum atomic E-state index is -0.195. The Morgan fingerprint density at radius 3 is 2.52 bits per heavy atom. The zero-order valence-corrected chi connectivity index (χ0v) is 17.7. The molecule has 1 fully saturated rings. The number of thiophene rings is 1. The van der Waals surface area contributed by atoms with Gasteiger partial charge in [0.15, 0.2) is 0 Å². The fourth-order valence-corrected chi connectivity index (χ4v) is 4.38. The molecule has 156 valence electrons. The molecule has 2 aromatic heterocycles. The van der Waals surface area contributed by atoms with Gasteiger partial charge in [0.1, 0.15) is 11.4 Å². The molecule has 0 bridgehead atoms. The number of benzene rings is 2.